The number of fused-ring (bicyclic) bond motifs is 2. The van der Waals surface area contributed by atoms with Crippen molar-refractivity contribution in [2.45, 2.75) is 83.1 Å². The summed E-state index contributed by atoms with van der Waals surface area (Å²) in [6.07, 6.45) is 10.7. The molecule has 75 heavy (non-hydrogen) atoms. The van der Waals surface area contributed by atoms with E-state index < -0.39 is 23.8 Å². The molecule has 0 radical (unpaired) electrons. The number of imide groups is 1. The Morgan fingerprint density at radius 2 is 1.45 bits per heavy atom. The number of aromatic nitrogens is 1. The molecule has 402 valence electrons. The Bertz CT molecular complexity index is 2690. The molecule has 1 atom stereocenters. The van der Waals surface area contributed by atoms with Crippen LogP contribution in [0, 0.1) is 11.3 Å². The molecule has 17 nitrogen and oxygen atoms in total. The first-order valence-corrected chi connectivity index (χ1v) is 26.8. The second kappa shape index (κ2) is 28.9. The van der Waals surface area contributed by atoms with Crippen molar-refractivity contribution in [1.29, 1.82) is 5.26 Å². The molecule has 3 aliphatic heterocycles. The van der Waals surface area contributed by atoms with Gasteiger partial charge in [0.25, 0.3) is 11.8 Å². The van der Waals surface area contributed by atoms with E-state index in [4.69, 9.17) is 51.6 Å². The van der Waals surface area contributed by atoms with Crippen molar-refractivity contribution in [2.75, 3.05) is 105 Å². The highest BCUT2D eigenvalue weighted by Gasteiger charge is 2.45. The number of rotatable bonds is 30. The fraction of sp³-hybridized carbons (Fsp3) is 0.500. The number of pyridine rings is 1. The van der Waals surface area contributed by atoms with Crippen LogP contribution >= 0.6 is 23.2 Å². The van der Waals surface area contributed by atoms with E-state index in [9.17, 15) is 24.4 Å². The summed E-state index contributed by atoms with van der Waals surface area (Å²) in [5, 5.41) is 17.1. The van der Waals surface area contributed by atoms with E-state index in [0.717, 1.165) is 99.4 Å². The summed E-state index contributed by atoms with van der Waals surface area (Å²) in [6.45, 7) is 13.9. The molecule has 1 aromatic heterocycles. The summed E-state index contributed by atoms with van der Waals surface area (Å²) in [7, 11) is 3.16. The molecule has 3 aliphatic rings. The molecular weight excluding hydrogens is 1000 g/mol. The van der Waals surface area contributed by atoms with Gasteiger partial charge in [0.15, 0.2) is 11.5 Å². The molecule has 0 spiro atoms. The van der Waals surface area contributed by atoms with E-state index in [2.05, 4.69) is 38.1 Å². The summed E-state index contributed by atoms with van der Waals surface area (Å²) in [4.78, 5) is 62.4. The van der Waals surface area contributed by atoms with Crippen LogP contribution in [0.2, 0.25) is 10.0 Å². The van der Waals surface area contributed by atoms with E-state index in [1.54, 1.807) is 44.7 Å². The number of nitrogens with one attached hydrogen (secondary N) is 2. The second-order valence-electron chi connectivity index (χ2n) is 18.9. The first kappa shape index (κ1) is 56.9. The molecule has 3 aromatic carbocycles. The Kier molecular flexibility index (Phi) is 21.9. The van der Waals surface area contributed by atoms with Gasteiger partial charge >= 0.3 is 0 Å². The van der Waals surface area contributed by atoms with Gasteiger partial charge in [-0.1, -0.05) is 55.1 Å². The number of piperazine rings is 1. The topological polar surface area (TPSA) is 194 Å². The highest BCUT2D eigenvalue weighted by molar-refractivity contribution is 6.36. The molecule has 1 unspecified atom stereocenters. The van der Waals surface area contributed by atoms with E-state index >= 15 is 0 Å². The molecule has 0 bridgehead atoms. The van der Waals surface area contributed by atoms with Crippen molar-refractivity contribution in [2.24, 2.45) is 0 Å². The highest BCUT2D eigenvalue weighted by Crippen LogP contribution is 2.38. The van der Waals surface area contributed by atoms with E-state index in [-0.39, 0.29) is 29.1 Å². The van der Waals surface area contributed by atoms with Crippen LogP contribution in [-0.4, -0.2) is 149 Å². The minimum Gasteiger partial charge on any atom is -0.495 e. The van der Waals surface area contributed by atoms with Crippen LogP contribution in [0.15, 0.2) is 60.9 Å². The van der Waals surface area contributed by atoms with Gasteiger partial charge in [-0.2, -0.15) is 5.26 Å². The summed E-state index contributed by atoms with van der Waals surface area (Å²) in [5.74, 6) is -0.115. The van der Waals surface area contributed by atoms with Crippen LogP contribution in [0.3, 0.4) is 0 Å². The SMILES string of the molecule is C=C1CCC(N2C(=O)c3cccc(NC(=O)CCCCCOCCOCCOCCCCCCN4CCN(CCCOc5cc6ncc(C#N)c(Cc7cc(OC)c(Cl)cc7Cl)c6cc5OC)CC4)c3C2=O)C(=O)N1. The van der Waals surface area contributed by atoms with E-state index in [1.165, 1.54) is 18.9 Å². The van der Waals surface area contributed by atoms with Gasteiger partial charge in [0.1, 0.15) is 17.9 Å². The van der Waals surface area contributed by atoms with Crippen molar-refractivity contribution in [3.8, 4) is 23.3 Å². The van der Waals surface area contributed by atoms with Crippen molar-refractivity contribution < 1.29 is 47.6 Å². The van der Waals surface area contributed by atoms with Crippen LogP contribution in [0.1, 0.15) is 108 Å². The average molecular weight is 1070 g/mol. The molecule has 19 heteroatoms. The van der Waals surface area contributed by atoms with Crippen molar-refractivity contribution in [1.82, 2.24) is 25.0 Å². The van der Waals surface area contributed by atoms with Gasteiger partial charge in [-0.3, -0.25) is 29.1 Å². The molecule has 0 aliphatic carbocycles. The number of anilines is 1. The third kappa shape index (κ3) is 15.6. The number of ether oxygens (including phenoxy) is 6. The fourth-order valence-corrected chi connectivity index (χ4v) is 10.1. The number of hydrogen-bond acceptors (Lipinski definition) is 14. The summed E-state index contributed by atoms with van der Waals surface area (Å²) in [5.41, 5.74) is 3.82. The quantitative estimate of drug-likeness (QED) is 0.0372. The number of nitrogens with zero attached hydrogens (tertiary/aromatic N) is 5. The monoisotopic (exact) mass is 1070 g/mol. The maximum Gasteiger partial charge on any atom is 0.264 e. The molecule has 4 amide bonds. The Morgan fingerprint density at radius 3 is 2.13 bits per heavy atom. The maximum atomic E-state index is 13.3. The molecule has 4 heterocycles. The molecule has 7 rings (SSSR count). The van der Waals surface area contributed by atoms with Gasteiger partial charge in [-0.05, 0) is 92.9 Å². The number of halogens is 2. The minimum absolute atomic E-state index is 0.119. The smallest absolute Gasteiger partial charge is 0.264 e. The Morgan fingerprint density at radius 1 is 0.787 bits per heavy atom. The van der Waals surface area contributed by atoms with E-state index in [1.807, 2.05) is 12.1 Å². The van der Waals surface area contributed by atoms with Crippen LogP contribution < -0.4 is 24.8 Å². The van der Waals surface area contributed by atoms with Crippen LogP contribution in [0.25, 0.3) is 10.9 Å². The molecule has 2 saturated heterocycles. The normalized spacial score (nSPS) is 16.0. The van der Waals surface area contributed by atoms with Crippen LogP contribution in [0.4, 0.5) is 5.69 Å². The lowest BCUT2D eigenvalue weighted by atomic mass is 9.96. The molecule has 2 fully saturated rings. The predicted octanol–water partition coefficient (Wildman–Crippen LogP) is 8.61. The van der Waals surface area contributed by atoms with Gasteiger partial charge < -0.3 is 48.9 Å². The van der Waals surface area contributed by atoms with E-state index in [0.29, 0.717) is 109 Å². The van der Waals surface area contributed by atoms with Gasteiger partial charge in [-0.25, -0.2) is 0 Å². The molecular formula is C56H69Cl2N7O10. The average Bonchev–Trinajstić information content (AvgIpc) is 3.66. The molecule has 4 aromatic rings. The van der Waals surface area contributed by atoms with Crippen LogP contribution in [0.5, 0.6) is 17.2 Å². The number of methoxy groups -OCH3 is 2. The lowest BCUT2D eigenvalue weighted by molar-refractivity contribution is -0.125. The number of piperidine rings is 1. The Hall–Kier alpha value is -5.84. The number of unbranched alkanes of at least 4 members (excludes halogenated alkanes) is 5. The largest absolute Gasteiger partial charge is 0.495 e. The van der Waals surface area contributed by atoms with Crippen molar-refractivity contribution in [3.05, 3.63) is 98.8 Å². The van der Waals surface area contributed by atoms with Crippen LogP contribution in [-0.2, 0) is 30.2 Å². The zero-order valence-corrected chi connectivity index (χ0v) is 44.7. The van der Waals surface area contributed by atoms with Crippen molar-refractivity contribution >= 4 is 63.4 Å². The fourth-order valence-electron chi connectivity index (χ4n) is 9.59. The van der Waals surface area contributed by atoms with Crippen molar-refractivity contribution in [3.63, 3.8) is 0 Å². The number of benzene rings is 3. The number of carbonyl (C=O) groups is 4. The second-order valence-corrected chi connectivity index (χ2v) is 19.7. The zero-order valence-electron chi connectivity index (χ0n) is 43.2. The summed E-state index contributed by atoms with van der Waals surface area (Å²) < 4.78 is 34.5. The van der Waals surface area contributed by atoms with Gasteiger partial charge in [-0.15, -0.1) is 0 Å². The highest BCUT2D eigenvalue weighted by atomic mass is 35.5. The first-order valence-electron chi connectivity index (χ1n) is 26.0. The Balaban J connectivity index is 0.657. The number of amides is 4. The predicted molar refractivity (Wildman–Crippen MR) is 287 cm³/mol. The third-order valence-corrected chi connectivity index (χ3v) is 14.4. The summed E-state index contributed by atoms with van der Waals surface area (Å²) >= 11 is 12.8. The number of hydrogen-bond donors (Lipinski definition) is 2. The maximum absolute atomic E-state index is 13.3. The standard InChI is InChI=1S/C56H69Cl2N7O10/c1-38-16-17-48(54(67)61-38)65-55(68)41-13-11-14-46(53(41)56(65)69)62-52(66)15-7-6-10-25-73-28-30-74-29-27-72-24-9-5-4-8-18-63-20-22-64(23-21-63)19-12-26-75-51-35-47-43(33-50(51)71-3)42(40(36-59)37-60-47)31-39-32-49(70-2)45(58)34-44(39)57/h11,13-14,32-35,37,48H,1,4-10,12,15-31H2,2-3H3,(H,61,67)(H,62,66). The molecule has 0 saturated carbocycles. The van der Waals surface area contributed by atoms with Gasteiger partial charge in [0.2, 0.25) is 11.8 Å². The number of allylic oxidation sites excluding steroid dienone is 1. The number of carbonyl (C=O) groups excluding carboxylic acids is 4. The zero-order chi connectivity index (χ0) is 53.1. The number of nitriles is 1. The van der Waals surface area contributed by atoms with Gasteiger partial charge in [0.05, 0.1) is 80.2 Å². The minimum atomic E-state index is -0.915. The lowest BCUT2D eigenvalue weighted by Crippen LogP contribution is -2.51. The lowest BCUT2D eigenvalue weighted by Gasteiger charge is -2.34. The Labute approximate surface area is 449 Å². The molecule has 2 N–H and O–H groups in total. The summed E-state index contributed by atoms with van der Waals surface area (Å²) in [6, 6.07) is 13.3. The van der Waals surface area contributed by atoms with Gasteiger partial charge in [0, 0.05) is 87.1 Å². The third-order valence-electron chi connectivity index (χ3n) is 13.7. The first-order chi connectivity index (χ1) is 36.5.